The van der Waals surface area contributed by atoms with Crippen LogP contribution < -0.4 is 15.8 Å². The lowest BCUT2D eigenvalue weighted by molar-refractivity contribution is 0.595. The molecule has 0 aliphatic carbocycles. The van der Waals surface area contributed by atoms with Crippen molar-refractivity contribution in [1.82, 2.24) is 15.0 Å². The number of hydrogen-bond acceptors (Lipinski definition) is 6. The topological polar surface area (TPSA) is 147 Å². The molecular weight excluding hydrogens is 270 g/mol. The zero-order valence-electron chi connectivity index (χ0n) is 10.5. The Morgan fingerprint density at radius 2 is 2.05 bits per heavy atom. The Morgan fingerprint density at radius 1 is 1.37 bits per heavy atom. The van der Waals surface area contributed by atoms with E-state index in [-0.39, 0.29) is 23.6 Å². The quantitative estimate of drug-likeness (QED) is 0.316. The standard InChI is InChI=1S/C9H17N7O2S/c1-2-3-4-5-19(17,18)16-9-13-6-12-8(15-9)14-7(10)11/h6H,2-5H2,1H3,(H5,10,11,12,13,14,15,16). The van der Waals surface area contributed by atoms with Crippen LogP contribution in [-0.4, -0.2) is 35.1 Å². The van der Waals surface area contributed by atoms with Crippen LogP contribution >= 0.6 is 0 Å². The van der Waals surface area contributed by atoms with Crippen LogP contribution in [0.1, 0.15) is 26.2 Å². The summed E-state index contributed by atoms with van der Waals surface area (Å²) in [5, 5.41) is 9.37. The van der Waals surface area contributed by atoms with Gasteiger partial charge in [0.15, 0.2) is 5.96 Å². The van der Waals surface area contributed by atoms with Gasteiger partial charge in [0.2, 0.25) is 21.9 Å². The minimum atomic E-state index is -3.47. The molecule has 0 bridgehead atoms. The van der Waals surface area contributed by atoms with Crippen LogP contribution in [0, 0.1) is 5.41 Å². The summed E-state index contributed by atoms with van der Waals surface area (Å²) in [5.74, 6) is -0.422. The Labute approximate surface area is 111 Å². The minimum Gasteiger partial charge on any atom is -0.370 e. The smallest absolute Gasteiger partial charge is 0.241 e. The molecule has 0 amide bonds. The van der Waals surface area contributed by atoms with Gasteiger partial charge in [0.05, 0.1) is 5.75 Å². The Kier molecular flexibility index (Phi) is 5.42. The van der Waals surface area contributed by atoms with Crippen LogP contribution in [0.25, 0.3) is 0 Å². The second kappa shape index (κ2) is 6.83. The third-order valence-electron chi connectivity index (χ3n) is 2.08. The maximum atomic E-state index is 11.7. The lowest BCUT2D eigenvalue weighted by Crippen LogP contribution is -2.23. The number of guanidine groups is 1. The zero-order valence-corrected chi connectivity index (χ0v) is 11.4. The van der Waals surface area contributed by atoms with Gasteiger partial charge in [-0.3, -0.25) is 15.4 Å². The molecule has 0 fully saturated rings. The molecule has 106 valence electrons. The van der Waals surface area contributed by atoms with Crippen molar-refractivity contribution < 1.29 is 8.42 Å². The average Bonchev–Trinajstić information content (AvgIpc) is 2.27. The molecule has 0 atom stereocenters. The zero-order chi connectivity index (χ0) is 14.3. The van der Waals surface area contributed by atoms with Crippen LogP contribution in [0.5, 0.6) is 0 Å². The van der Waals surface area contributed by atoms with E-state index in [0.29, 0.717) is 6.42 Å². The third-order valence-corrected chi connectivity index (χ3v) is 3.40. The molecule has 0 unspecified atom stereocenters. The van der Waals surface area contributed by atoms with Crippen molar-refractivity contribution in [1.29, 1.82) is 5.41 Å². The van der Waals surface area contributed by atoms with E-state index in [2.05, 4.69) is 25.0 Å². The van der Waals surface area contributed by atoms with Gasteiger partial charge in [-0.1, -0.05) is 19.8 Å². The van der Waals surface area contributed by atoms with E-state index in [1.807, 2.05) is 6.92 Å². The Morgan fingerprint density at radius 3 is 2.68 bits per heavy atom. The van der Waals surface area contributed by atoms with E-state index in [1.165, 1.54) is 0 Å². The van der Waals surface area contributed by atoms with E-state index < -0.39 is 10.0 Å². The van der Waals surface area contributed by atoms with Gasteiger partial charge in [-0.2, -0.15) is 4.98 Å². The van der Waals surface area contributed by atoms with Crippen LogP contribution in [0.2, 0.25) is 0 Å². The molecule has 0 saturated carbocycles. The number of unbranched alkanes of at least 4 members (excludes halogenated alkanes) is 2. The lowest BCUT2D eigenvalue weighted by atomic mass is 10.3. The van der Waals surface area contributed by atoms with Gasteiger partial charge in [0.1, 0.15) is 6.33 Å². The van der Waals surface area contributed by atoms with E-state index >= 15 is 0 Å². The molecule has 10 heteroatoms. The van der Waals surface area contributed by atoms with Crippen molar-refractivity contribution in [3.63, 3.8) is 0 Å². The summed E-state index contributed by atoms with van der Waals surface area (Å²) in [4.78, 5) is 11.2. The second-order valence-corrected chi connectivity index (χ2v) is 5.64. The Hall–Kier alpha value is -1.97. The summed E-state index contributed by atoms with van der Waals surface area (Å²) >= 11 is 0. The van der Waals surface area contributed by atoms with Gasteiger partial charge >= 0.3 is 0 Å². The predicted molar refractivity (Wildman–Crippen MR) is 72.3 cm³/mol. The summed E-state index contributed by atoms with van der Waals surface area (Å²) in [5.41, 5.74) is 5.12. The molecule has 0 aliphatic heterocycles. The Bertz CT molecular complexity index is 531. The maximum absolute atomic E-state index is 11.7. The SMILES string of the molecule is CCCCCS(=O)(=O)Nc1ncnc(NC(=N)N)n1. The highest BCUT2D eigenvalue weighted by molar-refractivity contribution is 7.92. The predicted octanol–water partition coefficient (Wildman–Crippen LogP) is 0.109. The van der Waals surface area contributed by atoms with Gasteiger partial charge in [-0.15, -0.1) is 0 Å². The molecular formula is C9H17N7O2S. The molecule has 1 aromatic heterocycles. The van der Waals surface area contributed by atoms with Crippen molar-refractivity contribution in [3.8, 4) is 0 Å². The molecule has 0 spiro atoms. The normalized spacial score (nSPS) is 11.0. The fourth-order valence-corrected chi connectivity index (χ4v) is 2.32. The molecule has 0 saturated heterocycles. The number of nitrogens with two attached hydrogens (primary N) is 1. The average molecular weight is 287 g/mol. The number of rotatable bonds is 7. The molecule has 9 nitrogen and oxygen atoms in total. The summed E-state index contributed by atoms with van der Waals surface area (Å²) in [7, 11) is -3.47. The molecule has 1 heterocycles. The molecule has 1 rings (SSSR count). The van der Waals surface area contributed by atoms with E-state index in [1.54, 1.807) is 0 Å². The van der Waals surface area contributed by atoms with E-state index in [0.717, 1.165) is 19.2 Å². The molecule has 19 heavy (non-hydrogen) atoms. The van der Waals surface area contributed by atoms with Gasteiger partial charge in [0.25, 0.3) is 0 Å². The first-order chi connectivity index (χ1) is 8.93. The van der Waals surface area contributed by atoms with E-state index in [9.17, 15) is 8.42 Å². The van der Waals surface area contributed by atoms with Crippen molar-refractivity contribution in [3.05, 3.63) is 6.33 Å². The monoisotopic (exact) mass is 287 g/mol. The van der Waals surface area contributed by atoms with Gasteiger partial charge < -0.3 is 5.73 Å². The summed E-state index contributed by atoms with van der Waals surface area (Å²) in [6.07, 6.45) is 3.49. The first-order valence-corrected chi connectivity index (χ1v) is 7.39. The van der Waals surface area contributed by atoms with Gasteiger partial charge in [0, 0.05) is 0 Å². The largest absolute Gasteiger partial charge is 0.370 e. The van der Waals surface area contributed by atoms with Crippen LogP contribution in [0.15, 0.2) is 6.33 Å². The number of aromatic nitrogens is 3. The van der Waals surface area contributed by atoms with Gasteiger partial charge in [-0.25, -0.2) is 18.4 Å². The number of nitrogens with one attached hydrogen (secondary N) is 3. The first kappa shape index (κ1) is 15.1. The highest BCUT2D eigenvalue weighted by Gasteiger charge is 2.12. The fraction of sp³-hybridized carbons (Fsp3) is 0.556. The first-order valence-electron chi connectivity index (χ1n) is 5.73. The van der Waals surface area contributed by atoms with Crippen LogP contribution in [0.3, 0.4) is 0 Å². The number of nitrogens with zero attached hydrogens (tertiary/aromatic N) is 3. The van der Waals surface area contributed by atoms with Crippen LogP contribution in [-0.2, 0) is 10.0 Å². The summed E-state index contributed by atoms with van der Waals surface area (Å²) < 4.78 is 25.7. The lowest BCUT2D eigenvalue weighted by Gasteiger charge is -2.07. The van der Waals surface area contributed by atoms with Crippen molar-refractivity contribution in [2.45, 2.75) is 26.2 Å². The minimum absolute atomic E-state index is 0.00811. The third kappa shape index (κ3) is 5.95. The van der Waals surface area contributed by atoms with Gasteiger partial charge in [-0.05, 0) is 6.42 Å². The number of anilines is 2. The maximum Gasteiger partial charge on any atom is 0.241 e. The molecule has 1 aromatic rings. The second-order valence-electron chi connectivity index (χ2n) is 3.80. The number of sulfonamides is 1. The van der Waals surface area contributed by atoms with Crippen LogP contribution in [0.4, 0.5) is 11.9 Å². The molecule has 5 N–H and O–H groups in total. The summed E-state index contributed by atoms with van der Waals surface area (Å²) in [6, 6.07) is 0. The molecule has 0 aliphatic rings. The van der Waals surface area contributed by atoms with Crippen molar-refractivity contribution in [2.24, 2.45) is 5.73 Å². The van der Waals surface area contributed by atoms with Crippen molar-refractivity contribution >= 4 is 27.9 Å². The highest BCUT2D eigenvalue weighted by Crippen LogP contribution is 2.06. The molecule has 0 aromatic carbocycles. The number of hydrogen-bond donors (Lipinski definition) is 4. The highest BCUT2D eigenvalue weighted by atomic mass is 32.2. The molecule has 0 radical (unpaired) electrons. The summed E-state index contributed by atoms with van der Waals surface area (Å²) in [6.45, 7) is 1.99. The van der Waals surface area contributed by atoms with Crippen molar-refractivity contribution in [2.75, 3.05) is 15.8 Å². The fourth-order valence-electron chi connectivity index (χ4n) is 1.26. The van der Waals surface area contributed by atoms with E-state index in [4.69, 9.17) is 11.1 Å². The Balaban J connectivity index is 2.68.